The largest absolute Gasteiger partial charge is 0.497 e. The number of rotatable bonds is 9. The summed E-state index contributed by atoms with van der Waals surface area (Å²) in [6.07, 6.45) is 1.68. The van der Waals surface area contributed by atoms with Gasteiger partial charge in [0.15, 0.2) is 22.9 Å². The molecule has 0 amide bonds. The molecule has 0 spiro atoms. The number of methoxy groups -OCH3 is 2. The number of carbonyl (C=O) groups excluding carboxylic acids is 1. The van der Waals surface area contributed by atoms with Crippen LogP contribution < -0.4 is 29.1 Å². The number of esters is 1. The van der Waals surface area contributed by atoms with Gasteiger partial charge >= 0.3 is 5.97 Å². The van der Waals surface area contributed by atoms with Crippen LogP contribution in [0.1, 0.15) is 29.7 Å². The second kappa shape index (κ2) is 12.6. The molecule has 0 aliphatic carbocycles. The molecular weight excluding hydrogens is 554 g/mol. The van der Waals surface area contributed by atoms with Crippen molar-refractivity contribution in [3.63, 3.8) is 0 Å². The molecule has 10 heteroatoms. The summed E-state index contributed by atoms with van der Waals surface area (Å²) >= 11 is 1.19. The zero-order valence-electron chi connectivity index (χ0n) is 23.2. The van der Waals surface area contributed by atoms with Crippen molar-refractivity contribution in [1.29, 1.82) is 5.26 Å². The van der Waals surface area contributed by atoms with Gasteiger partial charge in [-0.2, -0.15) is 5.26 Å². The van der Waals surface area contributed by atoms with Crippen LogP contribution in [0.2, 0.25) is 0 Å². The van der Waals surface area contributed by atoms with Crippen LogP contribution in [-0.4, -0.2) is 38.0 Å². The number of para-hydroxylation sites is 1. The van der Waals surface area contributed by atoms with Crippen molar-refractivity contribution in [3.05, 3.63) is 115 Å². The van der Waals surface area contributed by atoms with Gasteiger partial charge in [-0.1, -0.05) is 65.9 Å². The van der Waals surface area contributed by atoms with E-state index in [1.54, 1.807) is 50.4 Å². The minimum atomic E-state index is -0.816. The van der Waals surface area contributed by atoms with E-state index < -0.39 is 12.0 Å². The molecule has 0 saturated carbocycles. The molecule has 0 bridgehead atoms. The highest BCUT2D eigenvalue weighted by Crippen LogP contribution is 2.36. The van der Waals surface area contributed by atoms with Crippen molar-refractivity contribution in [2.75, 3.05) is 27.4 Å². The van der Waals surface area contributed by atoms with Gasteiger partial charge in [-0.25, -0.2) is 9.79 Å². The maximum absolute atomic E-state index is 14.1. The van der Waals surface area contributed by atoms with Gasteiger partial charge in [0.05, 0.1) is 42.7 Å². The van der Waals surface area contributed by atoms with Crippen LogP contribution in [-0.2, 0) is 9.53 Å². The quantitative estimate of drug-likeness (QED) is 0.276. The number of carbonyl (C=O) groups is 1. The average molecular weight is 582 g/mol. The fourth-order valence-corrected chi connectivity index (χ4v) is 5.74. The first-order valence-electron chi connectivity index (χ1n) is 13.1. The number of thiazole rings is 1. The lowest BCUT2D eigenvalue weighted by atomic mass is 9.93. The Balaban J connectivity index is 1.81. The number of nitrogens with zero attached hydrogens (tertiary/aromatic N) is 3. The van der Waals surface area contributed by atoms with Gasteiger partial charge in [-0.15, -0.1) is 0 Å². The Bertz CT molecular complexity index is 1870. The molecule has 0 fully saturated rings. The molecule has 42 heavy (non-hydrogen) atoms. The molecule has 1 atom stereocenters. The summed E-state index contributed by atoms with van der Waals surface area (Å²) in [6.45, 7) is 1.70. The molecule has 1 aliphatic heterocycles. The van der Waals surface area contributed by atoms with Crippen LogP contribution in [0.25, 0.3) is 11.8 Å². The van der Waals surface area contributed by atoms with Crippen LogP contribution in [0.15, 0.2) is 88.2 Å². The van der Waals surface area contributed by atoms with E-state index in [1.807, 2.05) is 48.5 Å². The van der Waals surface area contributed by atoms with E-state index in [0.717, 1.165) is 5.56 Å². The summed E-state index contributed by atoms with van der Waals surface area (Å²) in [5, 5.41) is 9.08. The van der Waals surface area contributed by atoms with E-state index in [4.69, 9.17) is 29.2 Å². The molecule has 2 heterocycles. The van der Waals surface area contributed by atoms with Crippen molar-refractivity contribution in [1.82, 2.24) is 4.57 Å². The molecule has 5 rings (SSSR count). The number of aromatic nitrogens is 1. The third-order valence-corrected chi connectivity index (χ3v) is 7.59. The number of hydrogen-bond donors (Lipinski definition) is 0. The highest BCUT2D eigenvalue weighted by Gasteiger charge is 2.35. The summed E-state index contributed by atoms with van der Waals surface area (Å²) in [7, 11) is 3.08. The zero-order chi connectivity index (χ0) is 29.6. The van der Waals surface area contributed by atoms with Crippen molar-refractivity contribution in [3.8, 4) is 23.3 Å². The van der Waals surface area contributed by atoms with Crippen molar-refractivity contribution >= 4 is 29.1 Å². The van der Waals surface area contributed by atoms with Gasteiger partial charge in [-0.05, 0) is 36.8 Å². The molecule has 1 aliphatic rings. The second-order valence-electron chi connectivity index (χ2n) is 9.03. The van der Waals surface area contributed by atoms with Gasteiger partial charge in [0.2, 0.25) is 0 Å². The highest BCUT2D eigenvalue weighted by atomic mass is 32.1. The normalized spacial score (nSPS) is 14.4. The number of benzene rings is 3. The Labute approximate surface area is 245 Å². The van der Waals surface area contributed by atoms with Crippen LogP contribution >= 0.6 is 11.3 Å². The van der Waals surface area contributed by atoms with Gasteiger partial charge in [0.25, 0.3) is 5.56 Å². The van der Waals surface area contributed by atoms with Gasteiger partial charge in [0.1, 0.15) is 11.8 Å². The van der Waals surface area contributed by atoms with E-state index in [1.165, 1.54) is 23.0 Å². The lowest BCUT2D eigenvalue weighted by Gasteiger charge is -2.26. The molecule has 0 saturated heterocycles. The first-order valence-corrected chi connectivity index (χ1v) is 13.9. The Morgan fingerprint density at radius 2 is 1.81 bits per heavy atom. The zero-order valence-corrected chi connectivity index (χ0v) is 24.0. The van der Waals surface area contributed by atoms with Crippen LogP contribution in [0.3, 0.4) is 0 Å². The molecule has 1 aromatic heterocycles. The first-order chi connectivity index (χ1) is 20.5. The lowest BCUT2D eigenvalue weighted by molar-refractivity contribution is -0.138. The summed E-state index contributed by atoms with van der Waals surface area (Å²) in [4.78, 5) is 33.0. The molecule has 0 radical (unpaired) electrons. The highest BCUT2D eigenvalue weighted by molar-refractivity contribution is 7.07. The predicted octanol–water partition coefficient (Wildman–Crippen LogP) is 3.86. The maximum atomic E-state index is 14.1. The van der Waals surface area contributed by atoms with Crippen LogP contribution in [0, 0.1) is 11.3 Å². The standard InChI is InChI=1S/C32H27N3O6S/c1-4-40-31(37)26-27(20-9-6-5-7-10-20)34-32-35(28(26)21-13-15-23(38-2)16-14-21)30(36)25(42-32)19-22-11-8-12-24(39-3)29(22)41-18-17-33/h5-16,19,28H,4,18H2,1-3H3/b25-19-/t28-/m0/s1. The Hall–Kier alpha value is -5.14. The third-order valence-electron chi connectivity index (χ3n) is 6.60. The number of nitriles is 1. The first kappa shape index (κ1) is 28.4. The molecule has 4 aromatic rings. The molecule has 3 aromatic carbocycles. The molecular formula is C32H27N3O6S. The minimum absolute atomic E-state index is 0.158. The van der Waals surface area contributed by atoms with Crippen molar-refractivity contribution in [2.45, 2.75) is 13.0 Å². The van der Waals surface area contributed by atoms with E-state index in [-0.39, 0.29) is 24.3 Å². The Kier molecular flexibility index (Phi) is 8.50. The molecule has 9 nitrogen and oxygen atoms in total. The van der Waals surface area contributed by atoms with Gasteiger partial charge < -0.3 is 18.9 Å². The fraction of sp³-hybridized carbons (Fsp3) is 0.188. The Morgan fingerprint density at radius 3 is 2.48 bits per heavy atom. The third kappa shape index (κ3) is 5.42. The second-order valence-corrected chi connectivity index (χ2v) is 10.0. The van der Waals surface area contributed by atoms with Gasteiger partial charge in [0, 0.05) is 11.1 Å². The van der Waals surface area contributed by atoms with E-state index in [2.05, 4.69) is 0 Å². The van der Waals surface area contributed by atoms with Crippen molar-refractivity contribution in [2.24, 2.45) is 4.99 Å². The maximum Gasteiger partial charge on any atom is 0.338 e. The lowest BCUT2D eigenvalue weighted by Crippen LogP contribution is -2.40. The monoisotopic (exact) mass is 581 g/mol. The predicted molar refractivity (Wildman–Crippen MR) is 158 cm³/mol. The summed E-state index contributed by atoms with van der Waals surface area (Å²) in [5.41, 5.74) is 2.31. The molecule has 0 N–H and O–H groups in total. The fourth-order valence-electron chi connectivity index (χ4n) is 4.75. The number of fused-ring (bicyclic) bond motifs is 1. The Morgan fingerprint density at radius 1 is 1.05 bits per heavy atom. The number of ether oxygens (including phenoxy) is 4. The number of hydrogen-bond acceptors (Lipinski definition) is 9. The molecule has 0 unspecified atom stereocenters. The summed E-state index contributed by atoms with van der Waals surface area (Å²) < 4.78 is 23.8. The van der Waals surface area contributed by atoms with E-state index >= 15 is 0 Å². The van der Waals surface area contributed by atoms with Crippen molar-refractivity contribution < 1.29 is 23.7 Å². The van der Waals surface area contributed by atoms with Crippen LogP contribution in [0.4, 0.5) is 0 Å². The average Bonchev–Trinajstić information content (AvgIpc) is 3.34. The van der Waals surface area contributed by atoms with Crippen LogP contribution in [0.5, 0.6) is 17.2 Å². The van der Waals surface area contributed by atoms with Gasteiger partial charge in [-0.3, -0.25) is 9.36 Å². The van der Waals surface area contributed by atoms with E-state index in [0.29, 0.717) is 43.4 Å². The summed E-state index contributed by atoms with van der Waals surface area (Å²) in [5.74, 6) is 0.851. The molecule has 212 valence electrons. The summed E-state index contributed by atoms with van der Waals surface area (Å²) in [6, 6.07) is 23.0. The topological polar surface area (TPSA) is 112 Å². The van der Waals surface area contributed by atoms with E-state index in [9.17, 15) is 9.59 Å². The SMILES string of the molecule is CCOC(=O)C1=C(c2ccccc2)N=c2s/c(=C\c3cccc(OC)c3OCC#N)c(=O)n2[C@H]1c1ccc(OC)cc1. The minimum Gasteiger partial charge on any atom is -0.497 e. The smallest absolute Gasteiger partial charge is 0.338 e.